The van der Waals surface area contributed by atoms with Crippen LogP contribution in [-0.2, 0) is 5.41 Å². The SMILES string of the molecule is Cc1c(C)c(N2c3ccccc3C(c3ccccc3)(c3cc4ccccc4c4c3oc3ccccc34)c3ccccc32)c(C)c(C)c1-c1nc(-c2ccccc2)nc(-c2ccccc2)n1. The van der Waals surface area contributed by atoms with Crippen LogP contribution in [0.3, 0.4) is 0 Å². The van der Waals surface area contributed by atoms with E-state index < -0.39 is 5.41 Å². The van der Waals surface area contributed by atoms with E-state index in [1.807, 2.05) is 36.4 Å². The number of anilines is 3. The summed E-state index contributed by atoms with van der Waals surface area (Å²) in [6.07, 6.45) is 0. The fourth-order valence-electron chi connectivity index (χ4n) is 10.7. The maximum absolute atomic E-state index is 7.10. The molecule has 0 aliphatic carbocycles. The number of para-hydroxylation sites is 3. The molecule has 12 rings (SSSR count). The molecule has 9 aromatic carbocycles. The summed E-state index contributed by atoms with van der Waals surface area (Å²) in [6, 6.07) is 69.0. The smallest absolute Gasteiger partial charge is 0.164 e. The van der Waals surface area contributed by atoms with Gasteiger partial charge in [-0.05, 0) is 102 Å². The quantitative estimate of drug-likeness (QED) is 0.167. The average molecular weight is 837 g/mol. The molecule has 2 aromatic heterocycles. The molecular formula is C60H44N4O. The van der Waals surface area contributed by atoms with Gasteiger partial charge in [-0.25, -0.2) is 15.0 Å². The van der Waals surface area contributed by atoms with Crippen molar-refractivity contribution in [2.45, 2.75) is 33.1 Å². The molecule has 1 aliphatic rings. The van der Waals surface area contributed by atoms with Gasteiger partial charge in [-0.15, -0.1) is 0 Å². The molecule has 0 amide bonds. The van der Waals surface area contributed by atoms with Crippen molar-refractivity contribution in [2.75, 3.05) is 4.90 Å². The van der Waals surface area contributed by atoms with Gasteiger partial charge in [-0.1, -0.05) is 170 Å². The Morgan fingerprint density at radius 1 is 0.431 bits per heavy atom. The molecule has 3 heterocycles. The molecule has 0 atom stereocenters. The first-order chi connectivity index (χ1) is 31.9. The van der Waals surface area contributed by atoms with Crippen LogP contribution in [0.1, 0.15) is 44.5 Å². The highest BCUT2D eigenvalue weighted by atomic mass is 16.3. The second-order valence-electron chi connectivity index (χ2n) is 17.2. The van der Waals surface area contributed by atoms with Gasteiger partial charge in [0.2, 0.25) is 0 Å². The Morgan fingerprint density at radius 3 is 1.51 bits per heavy atom. The van der Waals surface area contributed by atoms with Crippen LogP contribution in [0.15, 0.2) is 199 Å². The second kappa shape index (κ2) is 15.0. The van der Waals surface area contributed by atoms with Gasteiger partial charge in [0.1, 0.15) is 11.2 Å². The number of hydrogen-bond donors (Lipinski definition) is 0. The molecule has 5 heteroatoms. The van der Waals surface area contributed by atoms with Crippen molar-refractivity contribution in [2.24, 2.45) is 0 Å². The van der Waals surface area contributed by atoms with Crippen molar-refractivity contribution in [3.05, 3.63) is 239 Å². The summed E-state index contributed by atoms with van der Waals surface area (Å²) in [5, 5.41) is 4.61. The van der Waals surface area contributed by atoms with Crippen molar-refractivity contribution >= 4 is 49.8 Å². The number of furan rings is 1. The number of aromatic nitrogens is 3. The number of rotatable bonds is 6. The fourth-order valence-corrected chi connectivity index (χ4v) is 10.7. The number of fused-ring (bicyclic) bond motifs is 7. The number of nitrogens with zero attached hydrogens (tertiary/aromatic N) is 4. The lowest BCUT2D eigenvalue weighted by atomic mass is 9.62. The molecule has 0 N–H and O–H groups in total. The van der Waals surface area contributed by atoms with Gasteiger partial charge in [-0.2, -0.15) is 0 Å². The lowest BCUT2D eigenvalue weighted by Crippen LogP contribution is -2.38. The summed E-state index contributed by atoms with van der Waals surface area (Å²) in [4.78, 5) is 18.0. The third-order valence-electron chi connectivity index (χ3n) is 13.8. The van der Waals surface area contributed by atoms with Gasteiger partial charge in [0.15, 0.2) is 17.5 Å². The van der Waals surface area contributed by atoms with Crippen molar-refractivity contribution in [3.8, 4) is 34.2 Å². The Hall–Kier alpha value is -8.15. The molecule has 310 valence electrons. The maximum atomic E-state index is 7.10. The van der Waals surface area contributed by atoms with E-state index in [0.717, 1.165) is 83.5 Å². The Labute approximate surface area is 378 Å². The van der Waals surface area contributed by atoms with Crippen molar-refractivity contribution in [3.63, 3.8) is 0 Å². The first-order valence-electron chi connectivity index (χ1n) is 22.3. The van der Waals surface area contributed by atoms with Crippen LogP contribution in [-0.4, -0.2) is 15.0 Å². The Morgan fingerprint density at radius 2 is 0.908 bits per heavy atom. The average Bonchev–Trinajstić information content (AvgIpc) is 3.76. The van der Waals surface area contributed by atoms with E-state index in [-0.39, 0.29) is 0 Å². The third kappa shape index (κ3) is 5.75. The Balaban J connectivity index is 1.14. The zero-order chi connectivity index (χ0) is 43.8. The van der Waals surface area contributed by atoms with Crippen LogP contribution in [0.5, 0.6) is 0 Å². The molecule has 0 fully saturated rings. The summed E-state index contributed by atoms with van der Waals surface area (Å²) in [5.41, 5.74) is 16.5. The van der Waals surface area contributed by atoms with Crippen molar-refractivity contribution in [1.82, 2.24) is 15.0 Å². The summed E-state index contributed by atoms with van der Waals surface area (Å²) < 4.78 is 7.10. The lowest BCUT2D eigenvalue weighted by molar-refractivity contribution is 0.644. The van der Waals surface area contributed by atoms with E-state index in [4.69, 9.17) is 19.4 Å². The normalized spacial score (nSPS) is 13.0. The highest BCUT2D eigenvalue weighted by Crippen LogP contribution is 2.60. The maximum Gasteiger partial charge on any atom is 0.164 e. The molecule has 0 saturated carbocycles. The van der Waals surface area contributed by atoms with Gasteiger partial charge >= 0.3 is 0 Å². The van der Waals surface area contributed by atoms with Crippen LogP contribution in [0.25, 0.3) is 66.9 Å². The second-order valence-corrected chi connectivity index (χ2v) is 17.2. The van der Waals surface area contributed by atoms with E-state index in [0.29, 0.717) is 17.5 Å². The van der Waals surface area contributed by atoms with E-state index in [2.05, 4.69) is 190 Å². The first kappa shape index (κ1) is 38.5. The minimum atomic E-state index is -0.764. The zero-order valence-corrected chi connectivity index (χ0v) is 36.7. The Bertz CT molecular complexity index is 3520. The molecule has 0 unspecified atom stereocenters. The van der Waals surface area contributed by atoms with Gasteiger partial charge in [-0.3, -0.25) is 0 Å². The van der Waals surface area contributed by atoms with Gasteiger partial charge < -0.3 is 9.32 Å². The first-order valence-corrected chi connectivity index (χ1v) is 22.3. The minimum absolute atomic E-state index is 0.649. The van der Waals surface area contributed by atoms with Crippen LogP contribution < -0.4 is 4.90 Å². The molecule has 0 radical (unpaired) electrons. The van der Waals surface area contributed by atoms with E-state index >= 15 is 0 Å². The number of benzene rings is 9. The highest BCUT2D eigenvalue weighted by molar-refractivity contribution is 6.20. The summed E-state index contributed by atoms with van der Waals surface area (Å²) in [5.74, 6) is 1.96. The van der Waals surface area contributed by atoms with Gasteiger partial charge in [0.05, 0.1) is 22.5 Å². The van der Waals surface area contributed by atoms with Crippen molar-refractivity contribution in [1.29, 1.82) is 0 Å². The molecular weight excluding hydrogens is 793 g/mol. The van der Waals surface area contributed by atoms with Crippen LogP contribution in [0.4, 0.5) is 17.1 Å². The summed E-state index contributed by atoms with van der Waals surface area (Å²) >= 11 is 0. The summed E-state index contributed by atoms with van der Waals surface area (Å²) in [6.45, 7) is 8.95. The molecule has 0 saturated heterocycles. The molecule has 5 nitrogen and oxygen atoms in total. The standard InChI is InChI=1S/C60H44N4O/c1-37-39(3)55(40(4)38(2)53(37)59-62-57(41-22-8-5-9-23-41)61-58(63-59)42-24-10-6-11-25-42)64-50-33-19-17-31-47(50)60(44-27-12-7-13-28-44,48-32-18-20-34-51(48)64)49-36-43-26-14-15-29-45(43)54-46-30-16-21-35-52(46)65-56(49)54/h5-36H,1-4H3. The number of hydrogen-bond acceptors (Lipinski definition) is 5. The van der Waals surface area contributed by atoms with Crippen molar-refractivity contribution < 1.29 is 4.42 Å². The van der Waals surface area contributed by atoms with Crippen LogP contribution in [0, 0.1) is 27.7 Å². The molecule has 0 bridgehead atoms. The molecule has 11 aromatic rings. The van der Waals surface area contributed by atoms with E-state index in [1.165, 1.54) is 27.5 Å². The summed E-state index contributed by atoms with van der Waals surface area (Å²) in [7, 11) is 0. The molecule has 1 aliphatic heterocycles. The van der Waals surface area contributed by atoms with Gasteiger partial charge in [0.25, 0.3) is 0 Å². The topological polar surface area (TPSA) is 55.1 Å². The van der Waals surface area contributed by atoms with Crippen LogP contribution in [0.2, 0.25) is 0 Å². The van der Waals surface area contributed by atoms with Crippen LogP contribution >= 0.6 is 0 Å². The van der Waals surface area contributed by atoms with Gasteiger partial charge in [0, 0.05) is 33.0 Å². The minimum Gasteiger partial charge on any atom is -0.456 e. The van der Waals surface area contributed by atoms with E-state index in [1.54, 1.807) is 0 Å². The lowest BCUT2D eigenvalue weighted by Gasteiger charge is -2.47. The zero-order valence-electron chi connectivity index (χ0n) is 36.7. The fraction of sp³-hybridized carbons (Fsp3) is 0.0833. The van der Waals surface area contributed by atoms with E-state index in [9.17, 15) is 0 Å². The third-order valence-corrected chi connectivity index (χ3v) is 13.8. The largest absolute Gasteiger partial charge is 0.456 e. The predicted octanol–water partition coefficient (Wildman–Crippen LogP) is 15.3. The molecule has 65 heavy (non-hydrogen) atoms. The molecule has 0 spiro atoms. The predicted molar refractivity (Wildman–Crippen MR) is 266 cm³/mol. The monoisotopic (exact) mass is 836 g/mol. The Kier molecular flexibility index (Phi) is 8.89. The highest BCUT2D eigenvalue weighted by Gasteiger charge is 2.48.